The fourth-order valence-corrected chi connectivity index (χ4v) is 4.27. The molecule has 0 aliphatic heterocycles. The lowest BCUT2D eigenvalue weighted by Crippen LogP contribution is -2.28. The molecule has 188 valence electrons. The third-order valence-corrected chi connectivity index (χ3v) is 6.68. The molecule has 1 rings (SSSR count). The zero-order valence-electron chi connectivity index (χ0n) is 20.9. The molecule has 0 bridgehead atoms. The molecule has 1 unspecified atom stereocenters. The van der Waals surface area contributed by atoms with Crippen molar-refractivity contribution in [2.75, 3.05) is 0 Å². The van der Waals surface area contributed by atoms with Crippen LogP contribution in [0.1, 0.15) is 117 Å². The van der Waals surface area contributed by atoms with E-state index >= 15 is 0 Å². The van der Waals surface area contributed by atoms with E-state index in [4.69, 9.17) is 9.47 Å². The second-order valence-corrected chi connectivity index (χ2v) is 10.1. The molecule has 0 saturated carbocycles. The number of hydrogen-bond acceptors (Lipinski definition) is 4. The highest BCUT2D eigenvalue weighted by Gasteiger charge is 2.23. The standard InChI is InChI=1S/C28H45BrO4/c1-3-5-7-9-10-11-12-13-15-21-25(23-27(30)32-24-19-16-14-17-20-24)33-28(31)26(29)22-18-8-6-4-2/h14,16-17,19-20,25-26H,3-13,15,18,21-23H2,1-2H3/t25?,26-/m1/s1. The highest BCUT2D eigenvalue weighted by Crippen LogP contribution is 2.20. The van der Waals surface area contributed by atoms with Crippen LogP contribution in [0, 0.1) is 0 Å². The van der Waals surface area contributed by atoms with Crippen LogP contribution >= 0.6 is 15.9 Å². The van der Waals surface area contributed by atoms with Crippen LogP contribution in [0.5, 0.6) is 5.75 Å². The maximum Gasteiger partial charge on any atom is 0.320 e. The van der Waals surface area contributed by atoms with Crippen LogP contribution in [0.25, 0.3) is 0 Å². The van der Waals surface area contributed by atoms with Crippen molar-refractivity contribution >= 4 is 27.9 Å². The zero-order valence-corrected chi connectivity index (χ0v) is 22.5. The van der Waals surface area contributed by atoms with E-state index < -0.39 is 6.10 Å². The van der Waals surface area contributed by atoms with Gasteiger partial charge in [0, 0.05) is 0 Å². The number of rotatable bonds is 20. The van der Waals surface area contributed by atoms with Crippen LogP contribution in [0.15, 0.2) is 30.3 Å². The van der Waals surface area contributed by atoms with Crippen LogP contribution in [-0.4, -0.2) is 22.9 Å². The van der Waals surface area contributed by atoms with Gasteiger partial charge in [-0.25, -0.2) is 0 Å². The van der Waals surface area contributed by atoms with Gasteiger partial charge < -0.3 is 9.47 Å². The van der Waals surface area contributed by atoms with Gasteiger partial charge in [0.1, 0.15) is 16.7 Å². The summed E-state index contributed by atoms with van der Waals surface area (Å²) in [4.78, 5) is 24.7. The SMILES string of the molecule is CCCCCCCCCCCC(CC(=O)Oc1ccccc1)OC(=O)[C@H](Br)CCCCCC. The average Bonchev–Trinajstić information content (AvgIpc) is 2.81. The third-order valence-electron chi connectivity index (χ3n) is 5.85. The number of carbonyl (C=O) groups excluding carboxylic acids is 2. The van der Waals surface area contributed by atoms with E-state index in [2.05, 4.69) is 29.8 Å². The summed E-state index contributed by atoms with van der Waals surface area (Å²) in [6.45, 7) is 4.41. The molecule has 0 aliphatic rings. The molecular formula is C28H45BrO4. The second kappa shape index (κ2) is 20.1. The summed E-state index contributed by atoms with van der Waals surface area (Å²) < 4.78 is 11.2. The number of hydrogen-bond donors (Lipinski definition) is 0. The van der Waals surface area contributed by atoms with Gasteiger partial charge in [0.2, 0.25) is 0 Å². The Hall–Kier alpha value is -1.36. The van der Waals surface area contributed by atoms with Crippen LogP contribution in [0.2, 0.25) is 0 Å². The number of esters is 2. The Labute approximate surface area is 210 Å². The van der Waals surface area contributed by atoms with Crippen LogP contribution < -0.4 is 4.74 Å². The Morgan fingerprint density at radius 2 is 1.27 bits per heavy atom. The smallest absolute Gasteiger partial charge is 0.320 e. The molecule has 0 amide bonds. The fraction of sp³-hybridized carbons (Fsp3) is 0.714. The molecule has 0 radical (unpaired) electrons. The number of unbranched alkanes of at least 4 members (excludes halogenated alkanes) is 11. The number of alkyl halides is 1. The monoisotopic (exact) mass is 524 g/mol. The Balaban J connectivity index is 2.44. The van der Waals surface area contributed by atoms with Gasteiger partial charge in [0.15, 0.2) is 0 Å². The third kappa shape index (κ3) is 16.0. The second-order valence-electron chi connectivity index (χ2n) is 8.98. The van der Waals surface area contributed by atoms with Gasteiger partial charge in [0.25, 0.3) is 0 Å². The molecule has 5 heteroatoms. The number of halogens is 1. The molecular weight excluding hydrogens is 480 g/mol. The molecule has 0 N–H and O–H groups in total. The van der Waals surface area contributed by atoms with Crippen molar-refractivity contribution < 1.29 is 19.1 Å². The first-order valence-electron chi connectivity index (χ1n) is 13.2. The van der Waals surface area contributed by atoms with Gasteiger partial charge in [-0.05, 0) is 31.4 Å². The molecule has 0 spiro atoms. The van der Waals surface area contributed by atoms with Crippen LogP contribution in [-0.2, 0) is 14.3 Å². The van der Waals surface area contributed by atoms with E-state index in [1.807, 2.05) is 18.2 Å². The first kappa shape index (κ1) is 29.7. The Kier molecular flexibility index (Phi) is 18.0. The summed E-state index contributed by atoms with van der Waals surface area (Å²) in [6.07, 6.45) is 16.7. The van der Waals surface area contributed by atoms with Gasteiger partial charge in [-0.15, -0.1) is 0 Å². The summed E-state index contributed by atoms with van der Waals surface area (Å²) in [6, 6.07) is 9.05. The van der Waals surface area contributed by atoms with Gasteiger partial charge in [-0.1, -0.05) is 125 Å². The molecule has 33 heavy (non-hydrogen) atoms. The van der Waals surface area contributed by atoms with Crippen molar-refractivity contribution in [3.63, 3.8) is 0 Å². The quantitative estimate of drug-likeness (QED) is 0.0741. The Morgan fingerprint density at radius 1 is 0.758 bits per heavy atom. The van der Waals surface area contributed by atoms with Crippen molar-refractivity contribution in [2.45, 2.75) is 128 Å². The minimum atomic E-state index is -0.436. The van der Waals surface area contributed by atoms with E-state index in [0.717, 1.165) is 32.1 Å². The Bertz CT molecular complexity index is 620. The minimum Gasteiger partial charge on any atom is -0.461 e. The van der Waals surface area contributed by atoms with E-state index in [-0.39, 0.29) is 23.2 Å². The van der Waals surface area contributed by atoms with Crippen LogP contribution in [0.4, 0.5) is 0 Å². The van der Waals surface area contributed by atoms with E-state index in [9.17, 15) is 9.59 Å². The summed E-state index contributed by atoms with van der Waals surface area (Å²) in [7, 11) is 0. The molecule has 0 saturated heterocycles. The summed E-state index contributed by atoms with van der Waals surface area (Å²) in [5.74, 6) is -0.103. The lowest BCUT2D eigenvalue weighted by atomic mass is 10.0. The average molecular weight is 526 g/mol. The molecule has 2 atom stereocenters. The first-order valence-corrected chi connectivity index (χ1v) is 14.1. The highest BCUT2D eigenvalue weighted by atomic mass is 79.9. The predicted molar refractivity (Wildman–Crippen MR) is 140 cm³/mol. The number of carbonyl (C=O) groups is 2. The molecule has 4 nitrogen and oxygen atoms in total. The number of para-hydroxylation sites is 1. The number of ether oxygens (including phenoxy) is 2. The van der Waals surface area contributed by atoms with Crippen molar-refractivity contribution in [3.05, 3.63) is 30.3 Å². The van der Waals surface area contributed by atoms with Crippen molar-refractivity contribution in [2.24, 2.45) is 0 Å². The molecule has 0 fully saturated rings. The van der Waals surface area contributed by atoms with Crippen molar-refractivity contribution in [3.8, 4) is 5.75 Å². The number of benzene rings is 1. The summed E-state index contributed by atoms with van der Waals surface area (Å²) in [5, 5.41) is 0. The lowest BCUT2D eigenvalue weighted by Gasteiger charge is -2.19. The first-order chi connectivity index (χ1) is 16.1. The molecule has 1 aromatic carbocycles. The summed E-state index contributed by atoms with van der Waals surface area (Å²) in [5.41, 5.74) is 0. The molecule has 0 heterocycles. The topological polar surface area (TPSA) is 52.6 Å². The predicted octanol–water partition coefficient (Wildman–Crippen LogP) is 8.55. The van der Waals surface area contributed by atoms with E-state index in [1.165, 1.54) is 57.8 Å². The fourth-order valence-electron chi connectivity index (χ4n) is 3.84. The summed E-state index contributed by atoms with van der Waals surface area (Å²) >= 11 is 3.48. The van der Waals surface area contributed by atoms with Crippen molar-refractivity contribution in [1.82, 2.24) is 0 Å². The molecule has 0 aromatic heterocycles. The Morgan fingerprint density at radius 3 is 1.88 bits per heavy atom. The molecule has 0 aliphatic carbocycles. The van der Waals surface area contributed by atoms with Crippen LogP contribution in [0.3, 0.4) is 0 Å². The van der Waals surface area contributed by atoms with Gasteiger partial charge in [0.05, 0.1) is 6.42 Å². The lowest BCUT2D eigenvalue weighted by molar-refractivity contribution is -0.152. The zero-order chi connectivity index (χ0) is 24.2. The maximum atomic E-state index is 12.6. The maximum absolute atomic E-state index is 12.6. The van der Waals surface area contributed by atoms with Crippen molar-refractivity contribution in [1.29, 1.82) is 0 Å². The minimum absolute atomic E-state index is 0.0905. The molecule has 1 aromatic rings. The van der Waals surface area contributed by atoms with Gasteiger partial charge in [-0.3, -0.25) is 9.59 Å². The normalized spacial score (nSPS) is 12.8. The van der Waals surface area contributed by atoms with E-state index in [0.29, 0.717) is 12.2 Å². The van der Waals surface area contributed by atoms with Gasteiger partial charge >= 0.3 is 11.9 Å². The largest absolute Gasteiger partial charge is 0.461 e. The van der Waals surface area contributed by atoms with Gasteiger partial charge in [-0.2, -0.15) is 0 Å². The van der Waals surface area contributed by atoms with E-state index in [1.54, 1.807) is 12.1 Å². The highest BCUT2D eigenvalue weighted by molar-refractivity contribution is 9.10.